The van der Waals surface area contributed by atoms with Crippen LogP contribution in [0, 0.1) is 6.92 Å². The number of rotatable bonds is 2. The van der Waals surface area contributed by atoms with E-state index in [9.17, 15) is 0 Å². The van der Waals surface area contributed by atoms with Gasteiger partial charge in [0, 0.05) is 0 Å². The quantitative estimate of drug-likeness (QED) is 0.345. The van der Waals surface area contributed by atoms with Crippen molar-refractivity contribution in [3.05, 3.63) is 108 Å². The summed E-state index contributed by atoms with van der Waals surface area (Å²) in [5, 5.41) is 0. The summed E-state index contributed by atoms with van der Waals surface area (Å²) < 4.78 is 6.25. The maximum atomic E-state index is 2.41. The molecule has 0 saturated heterocycles. The average molecular weight is 449 g/mol. The minimum absolute atomic E-state index is 0.0809. The Morgan fingerprint density at radius 2 is 1.10 bits per heavy atom. The molecule has 1 heteroatoms. The molecule has 0 saturated carbocycles. The van der Waals surface area contributed by atoms with E-state index < -0.39 is 13.3 Å². The van der Waals surface area contributed by atoms with Crippen LogP contribution in [0.5, 0.6) is 0 Å². The number of aryl methyl sites for hydroxylation is 1. The Balaban J connectivity index is 2.05. The topological polar surface area (TPSA) is 0 Å². The van der Waals surface area contributed by atoms with Gasteiger partial charge in [-0.25, -0.2) is 0 Å². The van der Waals surface area contributed by atoms with Crippen molar-refractivity contribution < 1.29 is 0 Å². The van der Waals surface area contributed by atoms with Gasteiger partial charge in [-0.1, -0.05) is 0 Å². The molecule has 0 unspecified atom stereocenters. The van der Waals surface area contributed by atoms with Crippen molar-refractivity contribution in [2.24, 2.45) is 0 Å². The van der Waals surface area contributed by atoms with Crippen molar-refractivity contribution in [1.29, 1.82) is 0 Å². The Labute approximate surface area is 183 Å². The van der Waals surface area contributed by atoms with Crippen LogP contribution in [-0.4, -0.2) is 13.3 Å². The predicted octanol–water partition coefficient (Wildman–Crippen LogP) is 4.65. The fourth-order valence-electron chi connectivity index (χ4n) is 5.61. The first-order chi connectivity index (χ1) is 14.5. The fraction of sp³-hybridized carbons (Fsp3) is 0.172. The second-order valence-corrected chi connectivity index (χ2v) is 17.2. The van der Waals surface area contributed by atoms with Gasteiger partial charge in [-0.15, -0.1) is 0 Å². The molecule has 1 aliphatic rings. The molecule has 0 nitrogen and oxygen atoms in total. The van der Waals surface area contributed by atoms with Crippen molar-refractivity contribution >= 4 is 30.8 Å². The number of fused-ring (bicyclic) bond motifs is 3. The predicted molar refractivity (Wildman–Crippen MR) is 132 cm³/mol. The van der Waals surface area contributed by atoms with E-state index in [1.807, 2.05) is 0 Å². The summed E-state index contributed by atoms with van der Waals surface area (Å²) in [6.07, 6.45) is 0. The standard InChI is InChI=1S/C29H28Ge/c1-21-19-20-25-24-17-11-12-18-26(24)30(22-13-7-5-8-14-22,23-15-9-6-10-16-23)28(25)27(21)29(2,3)4/h5-20H,1-4H3. The molecule has 4 aromatic rings. The number of hydrogen-bond acceptors (Lipinski definition) is 0. The van der Waals surface area contributed by atoms with Crippen LogP contribution in [0.2, 0.25) is 0 Å². The molecule has 0 aromatic heterocycles. The van der Waals surface area contributed by atoms with Gasteiger partial charge in [0.15, 0.2) is 0 Å². The van der Waals surface area contributed by atoms with E-state index in [0.717, 1.165) is 0 Å². The molecule has 148 valence electrons. The Kier molecular flexibility index (Phi) is 4.52. The fourth-order valence-corrected chi connectivity index (χ4v) is 17.6. The van der Waals surface area contributed by atoms with Crippen molar-refractivity contribution in [3.8, 4) is 11.1 Å². The molecule has 0 N–H and O–H groups in total. The average Bonchev–Trinajstić information content (AvgIpc) is 3.05. The van der Waals surface area contributed by atoms with Crippen LogP contribution in [0.4, 0.5) is 0 Å². The Morgan fingerprint density at radius 3 is 1.67 bits per heavy atom. The number of hydrogen-bond donors (Lipinski definition) is 0. The maximum absolute atomic E-state index is 3.14. The molecule has 0 bridgehead atoms. The summed E-state index contributed by atoms with van der Waals surface area (Å²) in [7, 11) is 0. The second kappa shape index (κ2) is 6.99. The van der Waals surface area contributed by atoms with E-state index in [4.69, 9.17) is 0 Å². The molecule has 30 heavy (non-hydrogen) atoms. The van der Waals surface area contributed by atoms with Gasteiger partial charge in [-0.3, -0.25) is 0 Å². The van der Waals surface area contributed by atoms with E-state index in [-0.39, 0.29) is 5.41 Å². The molecule has 5 rings (SSSR count). The van der Waals surface area contributed by atoms with Gasteiger partial charge >= 0.3 is 183 Å². The van der Waals surface area contributed by atoms with Gasteiger partial charge in [0.05, 0.1) is 0 Å². The zero-order valence-electron chi connectivity index (χ0n) is 18.2. The molecule has 0 spiro atoms. The summed E-state index contributed by atoms with van der Waals surface area (Å²) in [6.45, 7) is 9.43. The zero-order valence-corrected chi connectivity index (χ0v) is 20.3. The molecule has 0 atom stereocenters. The first-order valence-electron chi connectivity index (χ1n) is 10.8. The van der Waals surface area contributed by atoms with E-state index >= 15 is 0 Å². The van der Waals surface area contributed by atoms with Crippen molar-refractivity contribution in [1.82, 2.24) is 0 Å². The second-order valence-electron chi connectivity index (χ2n) is 9.46. The molecule has 0 fully saturated rings. The first kappa shape index (κ1) is 19.4. The van der Waals surface area contributed by atoms with E-state index in [0.29, 0.717) is 0 Å². The summed E-state index contributed by atoms with van der Waals surface area (Å²) >= 11 is -3.14. The van der Waals surface area contributed by atoms with Crippen LogP contribution in [-0.2, 0) is 5.41 Å². The van der Waals surface area contributed by atoms with E-state index in [2.05, 4.69) is 125 Å². The Morgan fingerprint density at radius 1 is 0.567 bits per heavy atom. The molecule has 0 radical (unpaired) electrons. The molecule has 0 aliphatic carbocycles. The molecular formula is C29H28Ge. The Bertz CT molecular complexity index is 1170. The molecule has 1 heterocycles. The third kappa shape index (κ3) is 2.67. The van der Waals surface area contributed by atoms with Gasteiger partial charge in [0.1, 0.15) is 0 Å². The van der Waals surface area contributed by atoms with Gasteiger partial charge in [0.2, 0.25) is 0 Å². The zero-order chi connectivity index (χ0) is 20.9. The molecule has 0 amide bonds. The SMILES string of the molecule is Cc1ccc2[c](c1C(C)(C)C)[Ge]([c]1ccccc1)([c]1ccccc1)[c]1ccccc1-2. The van der Waals surface area contributed by atoms with Crippen LogP contribution in [0.3, 0.4) is 0 Å². The third-order valence-electron chi connectivity index (χ3n) is 6.57. The Hall–Kier alpha value is -2.58. The van der Waals surface area contributed by atoms with Gasteiger partial charge in [-0.2, -0.15) is 0 Å². The summed E-state index contributed by atoms with van der Waals surface area (Å²) in [5.74, 6) is 0. The summed E-state index contributed by atoms with van der Waals surface area (Å²) in [5.41, 5.74) is 5.93. The minimum atomic E-state index is -3.14. The summed E-state index contributed by atoms with van der Waals surface area (Å²) in [4.78, 5) is 0. The van der Waals surface area contributed by atoms with Crippen LogP contribution in [0.25, 0.3) is 11.1 Å². The van der Waals surface area contributed by atoms with Crippen LogP contribution < -0.4 is 17.6 Å². The number of benzene rings is 4. The van der Waals surface area contributed by atoms with Crippen LogP contribution in [0.15, 0.2) is 97.1 Å². The molecule has 4 aromatic carbocycles. The van der Waals surface area contributed by atoms with Crippen molar-refractivity contribution in [3.63, 3.8) is 0 Å². The monoisotopic (exact) mass is 450 g/mol. The van der Waals surface area contributed by atoms with Crippen molar-refractivity contribution in [2.45, 2.75) is 33.1 Å². The van der Waals surface area contributed by atoms with Crippen LogP contribution >= 0.6 is 0 Å². The van der Waals surface area contributed by atoms with Gasteiger partial charge in [-0.05, 0) is 0 Å². The van der Waals surface area contributed by atoms with Crippen LogP contribution in [0.1, 0.15) is 31.9 Å². The summed E-state index contributed by atoms with van der Waals surface area (Å²) in [6, 6.07) is 36.6. The van der Waals surface area contributed by atoms with Gasteiger partial charge in [0.25, 0.3) is 0 Å². The first-order valence-corrected chi connectivity index (χ1v) is 15.0. The molecule has 1 aliphatic heterocycles. The normalized spacial score (nSPS) is 14.3. The van der Waals surface area contributed by atoms with E-state index in [1.165, 1.54) is 25.5 Å². The third-order valence-corrected chi connectivity index (χ3v) is 16.9. The van der Waals surface area contributed by atoms with E-state index in [1.54, 1.807) is 14.4 Å². The van der Waals surface area contributed by atoms with Crippen molar-refractivity contribution in [2.75, 3.05) is 0 Å². The van der Waals surface area contributed by atoms with Gasteiger partial charge < -0.3 is 0 Å². The molecular weight excluding hydrogens is 421 g/mol.